The fourth-order valence-electron chi connectivity index (χ4n) is 1.62. The molecule has 0 aliphatic heterocycles. The summed E-state index contributed by atoms with van der Waals surface area (Å²) in [6.07, 6.45) is -0.149. The Bertz CT molecular complexity index is 544. The molecule has 1 heterocycles. The molecule has 1 rings (SSSR count). The van der Waals surface area contributed by atoms with Crippen molar-refractivity contribution < 1.29 is 13.2 Å². The molecular weight excluding hydrogens is 376 g/mol. The zero-order valence-corrected chi connectivity index (χ0v) is 16.0. The minimum absolute atomic E-state index is 0.149. The normalized spacial score (nSPS) is 13.8. The highest BCUT2D eigenvalue weighted by Gasteiger charge is 2.21. The Labute approximate surface area is 139 Å². The van der Waals surface area contributed by atoms with Crippen LogP contribution in [0.4, 0.5) is 0 Å². The Balaban J connectivity index is 2.74. The first-order valence-corrected chi connectivity index (χ1v) is 9.98. The lowest BCUT2D eigenvalue weighted by Crippen LogP contribution is -2.32. The molecule has 0 bridgehead atoms. The van der Waals surface area contributed by atoms with Gasteiger partial charge in [0.05, 0.1) is 9.89 Å². The summed E-state index contributed by atoms with van der Waals surface area (Å²) in [6, 6.07) is 2.06. The maximum Gasteiger partial charge on any atom is 0.242 e. The van der Waals surface area contributed by atoms with Crippen molar-refractivity contribution >= 4 is 37.3 Å². The second kappa shape index (κ2) is 8.59. The van der Waals surface area contributed by atoms with Crippen LogP contribution < -0.4 is 10.0 Å². The van der Waals surface area contributed by atoms with E-state index in [1.807, 2.05) is 13.8 Å². The molecule has 0 saturated carbocycles. The monoisotopic (exact) mass is 398 g/mol. The SMILES string of the molecule is CCOC(C)CNS(=O)(=O)c1cc(CNC(C)C)sc1Br. The van der Waals surface area contributed by atoms with Gasteiger partial charge in [-0.05, 0) is 35.8 Å². The molecule has 5 nitrogen and oxygen atoms in total. The molecular formula is C13H23BrN2O3S2. The molecule has 0 fully saturated rings. The van der Waals surface area contributed by atoms with Crippen molar-refractivity contribution in [3.8, 4) is 0 Å². The fourth-order valence-corrected chi connectivity index (χ4v) is 5.37. The highest BCUT2D eigenvalue weighted by Crippen LogP contribution is 2.31. The van der Waals surface area contributed by atoms with Crippen molar-refractivity contribution in [2.24, 2.45) is 0 Å². The van der Waals surface area contributed by atoms with Gasteiger partial charge in [0.1, 0.15) is 4.90 Å². The molecule has 0 radical (unpaired) electrons. The number of hydrogen-bond acceptors (Lipinski definition) is 5. The van der Waals surface area contributed by atoms with E-state index in [1.165, 1.54) is 11.3 Å². The van der Waals surface area contributed by atoms with Gasteiger partial charge in [0, 0.05) is 30.6 Å². The van der Waals surface area contributed by atoms with E-state index in [0.29, 0.717) is 23.0 Å². The van der Waals surface area contributed by atoms with Crippen molar-refractivity contribution in [1.82, 2.24) is 10.0 Å². The van der Waals surface area contributed by atoms with E-state index >= 15 is 0 Å². The lowest BCUT2D eigenvalue weighted by molar-refractivity contribution is 0.0799. The average Bonchev–Trinajstić information content (AvgIpc) is 2.77. The molecule has 2 N–H and O–H groups in total. The highest BCUT2D eigenvalue weighted by atomic mass is 79.9. The summed E-state index contributed by atoms with van der Waals surface area (Å²) < 4.78 is 33.1. The van der Waals surface area contributed by atoms with Crippen LogP contribution in [0.15, 0.2) is 14.7 Å². The molecule has 21 heavy (non-hydrogen) atoms. The average molecular weight is 399 g/mol. The molecule has 1 aromatic heterocycles. The maximum atomic E-state index is 12.3. The van der Waals surface area contributed by atoms with Gasteiger partial charge in [-0.15, -0.1) is 11.3 Å². The first-order valence-electron chi connectivity index (χ1n) is 6.89. The second-order valence-corrected chi connectivity index (χ2v) is 9.19. The van der Waals surface area contributed by atoms with Gasteiger partial charge in [0.15, 0.2) is 0 Å². The summed E-state index contributed by atoms with van der Waals surface area (Å²) in [7, 11) is -3.52. The van der Waals surface area contributed by atoms with Crippen molar-refractivity contribution in [1.29, 1.82) is 0 Å². The third-order valence-corrected chi connectivity index (χ3v) is 6.37. The number of thiophene rings is 1. The summed E-state index contributed by atoms with van der Waals surface area (Å²) in [5.41, 5.74) is 0. The van der Waals surface area contributed by atoms with Crippen molar-refractivity contribution in [3.63, 3.8) is 0 Å². The maximum absolute atomic E-state index is 12.3. The molecule has 0 amide bonds. The molecule has 8 heteroatoms. The highest BCUT2D eigenvalue weighted by molar-refractivity contribution is 9.11. The van der Waals surface area contributed by atoms with Gasteiger partial charge in [-0.25, -0.2) is 13.1 Å². The minimum atomic E-state index is -3.52. The summed E-state index contributed by atoms with van der Waals surface area (Å²) in [5, 5.41) is 3.28. The van der Waals surface area contributed by atoms with Crippen LogP contribution in [0.5, 0.6) is 0 Å². The Hall–Kier alpha value is 0.01000. The number of halogens is 1. The van der Waals surface area contributed by atoms with E-state index in [9.17, 15) is 8.42 Å². The number of ether oxygens (including phenoxy) is 1. The van der Waals surface area contributed by atoms with Gasteiger partial charge in [-0.2, -0.15) is 0 Å². The second-order valence-electron chi connectivity index (χ2n) is 5.00. The largest absolute Gasteiger partial charge is 0.377 e. The zero-order valence-electron chi connectivity index (χ0n) is 12.8. The zero-order chi connectivity index (χ0) is 16.0. The number of hydrogen-bond donors (Lipinski definition) is 2. The number of sulfonamides is 1. The van der Waals surface area contributed by atoms with Gasteiger partial charge >= 0.3 is 0 Å². The van der Waals surface area contributed by atoms with Crippen LogP contribution in [0.25, 0.3) is 0 Å². The first-order chi connectivity index (χ1) is 9.76. The van der Waals surface area contributed by atoms with Gasteiger partial charge in [-0.1, -0.05) is 13.8 Å². The lowest BCUT2D eigenvalue weighted by Gasteiger charge is -2.12. The van der Waals surface area contributed by atoms with Crippen LogP contribution in [0.2, 0.25) is 0 Å². The topological polar surface area (TPSA) is 67.4 Å². The summed E-state index contributed by atoms with van der Waals surface area (Å²) >= 11 is 4.77. The predicted octanol–water partition coefficient (Wildman–Crippen LogP) is 2.71. The standard InChI is InChI=1S/C13H23BrN2O3S2/c1-5-19-10(4)7-16-21(17,18)12-6-11(20-13(12)14)8-15-9(2)3/h6,9-10,15-16H,5,7-8H2,1-4H3. The van der Waals surface area contributed by atoms with Crippen LogP contribution in [0.3, 0.4) is 0 Å². The van der Waals surface area contributed by atoms with Gasteiger partial charge in [0.2, 0.25) is 10.0 Å². The number of nitrogens with one attached hydrogen (secondary N) is 2. The van der Waals surface area contributed by atoms with E-state index in [4.69, 9.17) is 4.74 Å². The molecule has 1 atom stereocenters. The van der Waals surface area contributed by atoms with Crippen LogP contribution in [0.1, 0.15) is 32.6 Å². The molecule has 0 saturated heterocycles. The fraction of sp³-hybridized carbons (Fsp3) is 0.692. The van der Waals surface area contributed by atoms with Crippen LogP contribution in [0, 0.1) is 0 Å². The number of rotatable bonds is 9. The quantitative estimate of drug-likeness (QED) is 0.670. The van der Waals surface area contributed by atoms with E-state index < -0.39 is 10.0 Å². The van der Waals surface area contributed by atoms with Crippen molar-refractivity contribution in [2.75, 3.05) is 13.2 Å². The lowest BCUT2D eigenvalue weighted by atomic mass is 10.4. The molecule has 0 aromatic carbocycles. The van der Waals surface area contributed by atoms with Crippen molar-refractivity contribution in [3.05, 3.63) is 14.7 Å². The Morgan fingerprint density at radius 1 is 1.38 bits per heavy atom. The third-order valence-electron chi connectivity index (χ3n) is 2.69. The Kier molecular flexibility index (Phi) is 7.80. The molecule has 122 valence electrons. The minimum Gasteiger partial charge on any atom is -0.377 e. The summed E-state index contributed by atoms with van der Waals surface area (Å²) in [4.78, 5) is 1.27. The molecule has 1 unspecified atom stereocenters. The van der Waals surface area contributed by atoms with Crippen molar-refractivity contribution in [2.45, 2.75) is 51.3 Å². The van der Waals surface area contributed by atoms with E-state index in [2.05, 4.69) is 39.8 Å². The summed E-state index contributed by atoms with van der Waals surface area (Å²) in [6.45, 7) is 9.31. The molecule has 1 aromatic rings. The van der Waals surface area contributed by atoms with Crippen LogP contribution in [-0.4, -0.2) is 33.7 Å². The van der Waals surface area contributed by atoms with E-state index in [1.54, 1.807) is 6.07 Å². The van der Waals surface area contributed by atoms with E-state index in [0.717, 1.165) is 4.88 Å². The third kappa shape index (κ3) is 6.33. The first kappa shape index (κ1) is 19.1. The Morgan fingerprint density at radius 2 is 2.05 bits per heavy atom. The van der Waals surface area contributed by atoms with Gasteiger partial charge in [0.25, 0.3) is 0 Å². The Morgan fingerprint density at radius 3 is 2.62 bits per heavy atom. The predicted molar refractivity (Wildman–Crippen MR) is 90.3 cm³/mol. The van der Waals surface area contributed by atoms with Gasteiger partial charge < -0.3 is 10.1 Å². The van der Waals surface area contributed by atoms with E-state index in [-0.39, 0.29) is 17.5 Å². The van der Waals surface area contributed by atoms with Gasteiger partial charge in [-0.3, -0.25) is 0 Å². The molecule has 0 aliphatic carbocycles. The molecule has 0 aliphatic rings. The smallest absolute Gasteiger partial charge is 0.242 e. The van der Waals surface area contributed by atoms with Crippen LogP contribution in [-0.2, 0) is 21.3 Å². The molecule has 0 spiro atoms. The van der Waals surface area contributed by atoms with Crippen LogP contribution >= 0.6 is 27.3 Å². The summed E-state index contributed by atoms with van der Waals surface area (Å²) in [5.74, 6) is 0.